The highest BCUT2D eigenvalue weighted by Gasteiger charge is 2.11. The van der Waals surface area contributed by atoms with Gasteiger partial charge in [0.05, 0.1) is 0 Å². The van der Waals surface area contributed by atoms with Crippen LogP contribution in [0.4, 0.5) is 0 Å². The normalized spacial score (nSPS) is 12.3. The van der Waals surface area contributed by atoms with Gasteiger partial charge in [-0.25, -0.2) is 4.79 Å². The Hall–Kier alpha value is -0.830. The lowest BCUT2D eigenvalue weighted by Crippen LogP contribution is -2.18. The number of carboxylic acid groups (broad SMARTS) is 1. The topological polar surface area (TPSA) is 57.5 Å². The Morgan fingerprint density at radius 3 is 1.82 bits per heavy atom. The zero-order valence-corrected chi connectivity index (χ0v) is 14.5. The molecular weight excluding hydrogens is 276 g/mol. The molecule has 0 aromatic heterocycles. The third-order valence-corrected chi connectivity index (χ3v) is 4.18. The third kappa shape index (κ3) is 14.1. The molecule has 22 heavy (non-hydrogen) atoms. The number of hydrogen-bond donors (Lipinski definition) is 2. The van der Waals surface area contributed by atoms with Crippen LogP contribution in [0.25, 0.3) is 0 Å². The molecule has 1 unspecified atom stereocenters. The lowest BCUT2D eigenvalue weighted by atomic mass is 10.0. The first kappa shape index (κ1) is 21.2. The number of carboxylic acids is 1. The number of aliphatic hydroxyl groups excluding tert-OH is 1. The van der Waals surface area contributed by atoms with Crippen LogP contribution >= 0.6 is 0 Å². The van der Waals surface area contributed by atoms with Gasteiger partial charge < -0.3 is 10.2 Å². The van der Waals surface area contributed by atoms with Crippen molar-refractivity contribution in [3.63, 3.8) is 0 Å². The highest BCUT2D eigenvalue weighted by atomic mass is 16.4. The lowest BCUT2D eigenvalue weighted by molar-refractivity contribution is -0.146. The first-order valence-corrected chi connectivity index (χ1v) is 9.15. The number of aliphatic carboxylic acids is 1. The Bertz CT molecular complexity index is 286. The van der Waals surface area contributed by atoms with Crippen LogP contribution in [0.2, 0.25) is 0 Å². The molecule has 0 aliphatic rings. The number of hydrogen-bond acceptors (Lipinski definition) is 2. The molecule has 0 aliphatic carbocycles. The molecule has 0 saturated carbocycles. The standard InChI is InChI=1S/C19H36O3/c1-3-4-5-8-11-14-17(2)15-12-9-6-7-10-13-16-18(20)19(21)22/h18,20H,2-16H2,1H3,(H,21,22). The smallest absolute Gasteiger partial charge is 0.332 e. The minimum atomic E-state index is -1.18. The second kappa shape index (κ2) is 15.1. The molecule has 130 valence electrons. The Balaban J connectivity index is 3.25. The molecule has 3 heteroatoms. The van der Waals surface area contributed by atoms with Crippen LogP contribution in [0, 0.1) is 0 Å². The van der Waals surface area contributed by atoms with E-state index < -0.39 is 12.1 Å². The van der Waals surface area contributed by atoms with E-state index in [9.17, 15) is 4.79 Å². The van der Waals surface area contributed by atoms with Gasteiger partial charge in [-0.3, -0.25) is 0 Å². The highest BCUT2D eigenvalue weighted by molar-refractivity contribution is 5.71. The quantitative estimate of drug-likeness (QED) is 0.293. The van der Waals surface area contributed by atoms with E-state index in [0.29, 0.717) is 6.42 Å². The van der Waals surface area contributed by atoms with Gasteiger partial charge in [0.15, 0.2) is 6.10 Å². The molecule has 0 amide bonds. The molecule has 0 rings (SSSR count). The van der Waals surface area contributed by atoms with Crippen molar-refractivity contribution in [2.24, 2.45) is 0 Å². The molecule has 0 saturated heterocycles. The number of rotatable bonds is 16. The third-order valence-electron chi connectivity index (χ3n) is 4.18. The van der Waals surface area contributed by atoms with Crippen LogP contribution in [-0.4, -0.2) is 22.3 Å². The van der Waals surface area contributed by atoms with Crippen molar-refractivity contribution in [2.45, 2.75) is 103 Å². The van der Waals surface area contributed by atoms with E-state index in [1.807, 2.05) is 0 Å². The van der Waals surface area contributed by atoms with Gasteiger partial charge in [0.25, 0.3) is 0 Å². The summed E-state index contributed by atoms with van der Waals surface area (Å²) in [5.41, 5.74) is 1.40. The molecule has 0 bridgehead atoms. The highest BCUT2D eigenvalue weighted by Crippen LogP contribution is 2.16. The van der Waals surface area contributed by atoms with Crippen molar-refractivity contribution in [3.05, 3.63) is 12.2 Å². The Morgan fingerprint density at radius 2 is 1.32 bits per heavy atom. The maximum Gasteiger partial charge on any atom is 0.332 e. The number of carbonyl (C=O) groups is 1. The van der Waals surface area contributed by atoms with Crippen molar-refractivity contribution >= 4 is 5.97 Å². The Morgan fingerprint density at radius 1 is 0.864 bits per heavy atom. The van der Waals surface area contributed by atoms with Crippen LogP contribution in [0.15, 0.2) is 12.2 Å². The summed E-state index contributed by atoms with van der Waals surface area (Å²) in [6.45, 7) is 6.42. The van der Waals surface area contributed by atoms with Gasteiger partial charge in [-0.1, -0.05) is 76.9 Å². The summed E-state index contributed by atoms with van der Waals surface area (Å²) in [7, 11) is 0. The van der Waals surface area contributed by atoms with Crippen molar-refractivity contribution < 1.29 is 15.0 Å². The molecule has 0 heterocycles. The van der Waals surface area contributed by atoms with E-state index in [4.69, 9.17) is 10.2 Å². The van der Waals surface area contributed by atoms with Crippen molar-refractivity contribution in [1.82, 2.24) is 0 Å². The average Bonchev–Trinajstić information content (AvgIpc) is 2.49. The Labute approximate surface area is 136 Å². The van der Waals surface area contributed by atoms with E-state index in [1.165, 1.54) is 63.4 Å². The molecule has 0 fully saturated rings. The molecule has 0 aromatic carbocycles. The van der Waals surface area contributed by atoms with E-state index in [2.05, 4.69) is 13.5 Å². The first-order chi connectivity index (χ1) is 10.6. The minimum Gasteiger partial charge on any atom is -0.479 e. The van der Waals surface area contributed by atoms with Gasteiger partial charge in [0.1, 0.15) is 0 Å². The molecular formula is C19H36O3. The van der Waals surface area contributed by atoms with Crippen LogP contribution < -0.4 is 0 Å². The fourth-order valence-corrected chi connectivity index (χ4v) is 2.65. The van der Waals surface area contributed by atoms with E-state index in [0.717, 1.165) is 25.7 Å². The maximum atomic E-state index is 10.4. The van der Waals surface area contributed by atoms with Crippen molar-refractivity contribution in [2.75, 3.05) is 0 Å². The van der Waals surface area contributed by atoms with Gasteiger partial charge in [-0.05, 0) is 32.1 Å². The molecule has 1 atom stereocenters. The van der Waals surface area contributed by atoms with Crippen molar-refractivity contribution in [3.8, 4) is 0 Å². The molecule has 0 aromatic rings. The first-order valence-electron chi connectivity index (χ1n) is 9.15. The molecule has 0 spiro atoms. The maximum absolute atomic E-state index is 10.4. The van der Waals surface area contributed by atoms with E-state index in [-0.39, 0.29) is 0 Å². The molecule has 2 N–H and O–H groups in total. The second-order valence-corrected chi connectivity index (χ2v) is 6.43. The Kier molecular flexibility index (Phi) is 14.5. The van der Waals surface area contributed by atoms with Crippen LogP contribution in [0.1, 0.15) is 96.8 Å². The summed E-state index contributed by atoms with van der Waals surface area (Å²) in [5.74, 6) is -1.10. The summed E-state index contributed by atoms with van der Waals surface area (Å²) < 4.78 is 0. The largest absolute Gasteiger partial charge is 0.479 e. The summed E-state index contributed by atoms with van der Waals surface area (Å²) in [6.07, 6.45) is 14.8. The van der Waals surface area contributed by atoms with Gasteiger partial charge >= 0.3 is 5.97 Å². The average molecular weight is 312 g/mol. The zero-order chi connectivity index (χ0) is 16.6. The molecule has 0 aliphatic heterocycles. The number of aliphatic hydroxyl groups is 1. The summed E-state index contributed by atoms with van der Waals surface area (Å²) in [4.78, 5) is 10.4. The monoisotopic (exact) mass is 312 g/mol. The predicted octanol–water partition coefficient (Wildman–Crippen LogP) is 5.47. The molecule has 0 radical (unpaired) electrons. The van der Waals surface area contributed by atoms with Gasteiger partial charge in [0.2, 0.25) is 0 Å². The van der Waals surface area contributed by atoms with E-state index in [1.54, 1.807) is 0 Å². The summed E-state index contributed by atoms with van der Waals surface area (Å²) in [5, 5.41) is 17.7. The van der Waals surface area contributed by atoms with E-state index >= 15 is 0 Å². The zero-order valence-electron chi connectivity index (χ0n) is 14.5. The predicted molar refractivity (Wildman–Crippen MR) is 93.1 cm³/mol. The van der Waals surface area contributed by atoms with Gasteiger partial charge in [-0.15, -0.1) is 0 Å². The second-order valence-electron chi connectivity index (χ2n) is 6.43. The fourth-order valence-electron chi connectivity index (χ4n) is 2.65. The van der Waals surface area contributed by atoms with Crippen LogP contribution in [0.3, 0.4) is 0 Å². The van der Waals surface area contributed by atoms with Crippen LogP contribution in [0.5, 0.6) is 0 Å². The lowest BCUT2D eigenvalue weighted by Gasteiger charge is -2.07. The molecule has 3 nitrogen and oxygen atoms in total. The van der Waals surface area contributed by atoms with Gasteiger partial charge in [0, 0.05) is 0 Å². The van der Waals surface area contributed by atoms with Gasteiger partial charge in [-0.2, -0.15) is 0 Å². The van der Waals surface area contributed by atoms with Crippen molar-refractivity contribution in [1.29, 1.82) is 0 Å². The SMILES string of the molecule is C=C(CCCCCCC)CCCCCCCCC(O)C(=O)O. The van der Waals surface area contributed by atoms with Crippen LogP contribution in [-0.2, 0) is 4.79 Å². The fraction of sp³-hybridized carbons (Fsp3) is 0.842. The summed E-state index contributed by atoms with van der Waals surface area (Å²) in [6, 6.07) is 0. The number of unbranched alkanes of at least 4 members (excludes halogenated alkanes) is 9. The minimum absolute atomic E-state index is 0.379. The summed E-state index contributed by atoms with van der Waals surface area (Å²) >= 11 is 0. The number of allylic oxidation sites excluding steroid dienone is 1.